The van der Waals surface area contributed by atoms with Crippen LogP contribution < -0.4 is 11.2 Å². The van der Waals surface area contributed by atoms with E-state index in [1.807, 2.05) is 13.8 Å². The van der Waals surface area contributed by atoms with E-state index in [2.05, 4.69) is 9.97 Å². The highest BCUT2D eigenvalue weighted by Crippen LogP contribution is 2.06. The number of aromatic nitrogens is 3. The molecule has 78 valence electrons. The van der Waals surface area contributed by atoms with Crippen LogP contribution in [0.2, 0.25) is 0 Å². The van der Waals surface area contributed by atoms with Crippen molar-refractivity contribution in [2.24, 2.45) is 0 Å². The summed E-state index contributed by atoms with van der Waals surface area (Å²) in [5.74, 6) is 0. The third-order valence-electron chi connectivity index (χ3n) is 2.19. The van der Waals surface area contributed by atoms with Crippen molar-refractivity contribution in [3.05, 3.63) is 39.2 Å². The molecule has 0 spiro atoms. The van der Waals surface area contributed by atoms with E-state index in [1.165, 1.54) is 10.6 Å². The zero-order valence-corrected chi connectivity index (χ0v) is 8.52. The first-order valence-corrected chi connectivity index (χ1v) is 4.70. The predicted molar refractivity (Wildman–Crippen MR) is 57.0 cm³/mol. The summed E-state index contributed by atoms with van der Waals surface area (Å²) in [5.41, 5.74) is -0.263. The van der Waals surface area contributed by atoms with E-state index in [1.54, 1.807) is 12.3 Å². The van der Waals surface area contributed by atoms with Gasteiger partial charge in [0.05, 0.1) is 0 Å². The lowest BCUT2D eigenvalue weighted by atomic mass is 10.3. The molecule has 2 rings (SSSR count). The van der Waals surface area contributed by atoms with Crippen LogP contribution in [-0.4, -0.2) is 14.5 Å². The number of hydrogen-bond acceptors (Lipinski definition) is 3. The molecule has 5 nitrogen and oxygen atoms in total. The molecule has 0 aromatic carbocycles. The van der Waals surface area contributed by atoms with Gasteiger partial charge < -0.3 is 4.98 Å². The highest BCUT2D eigenvalue weighted by atomic mass is 16.1. The summed E-state index contributed by atoms with van der Waals surface area (Å²) < 4.78 is 1.53. The second kappa shape index (κ2) is 3.34. The van der Waals surface area contributed by atoms with Crippen LogP contribution in [0.3, 0.4) is 0 Å². The normalized spacial score (nSPS) is 11.1. The Bertz CT molecular complexity index is 610. The molecule has 1 N–H and O–H groups in total. The lowest BCUT2D eigenvalue weighted by molar-refractivity contribution is 0.568. The number of pyridine rings is 1. The van der Waals surface area contributed by atoms with Crippen LogP contribution in [0.25, 0.3) is 11.0 Å². The second-order valence-electron chi connectivity index (χ2n) is 3.65. The maximum atomic E-state index is 11.5. The van der Waals surface area contributed by atoms with Crippen LogP contribution in [0.5, 0.6) is 0 Å². The highest BCUT2D eigenvalue weighted by Gasteiger charge is 2.04. The van der Waals surface area contributed by atoms with Crippen LogP contribution in [-0.2, 0) is 0 Å². The Kier molecular flexibility index (Phi) is 2.15. The molecule has 2 aromatic rings. The van der Waals surface area contributed by atoms with E-state index in [-0.39, 0.29) is 17.3 Å². The zero-order valence-electron chi connectivity index (χ0n) is 8.52. The smallest absolute Gasteiger partial charge is 0.306 e. The van der Waals surface area contributed by atoms with Crippen LogP contribution in [0.15, 0.2) is 27.9 Å². The van der Waals surface area contributed by atoms with Gasteiger partial charge in [-0.15, -0.1) is 0 Å². The first kappa shape index (κ1) is 9.64. The molecule has 0 aliphatic heterocycles. The SMILES string of the molecule is CC(C)n1cc2ccc(=O)[nH]c2nc1=O. The molecule has 15 heavy (non-hydrogen) atoms. The van der Waals surface area contributed by atoms with Crippen molar-refractivity contribution >= 4 is 11.0 Å². The molecule has 0 radical (unpaired) electrons. The average Bonchev–Trinajstić information content (AvgIpc) is 2.15. The Morgan fingerprint density at radius 1 is 1.33 bits per heavy atom. The van der Waals surface area contributed by atoms with Gasteiger partial charge in [-0.3, -0.25) is 9.36 Å². The molecule has 0 fully saturated rings. The molecule has 0 atom stereocenters. The van der Waals surface area contributed by atoms with Crippen LogP contribution in [0.4, 0.5) is 0 Å². The Morgan fingerprint density at radius 3 is 2.73 bits per heavy atom. The Hall–Kier alpha value is -1.91. The monoisotopic (exact) mass is 205 g/mol. The van der Waals surface area contributed by atoms with Gasteiger partial charge in [0.15, 0.2) is 0 Å². The minimum atomic E-state index is -0.348. The summed E-state index contributed by atoms with van der Waals surface area (Å²) in [7, 11) is 0. The first-order chi connectivity index (χ1) is 7.08. The molecule has 0 saturated heterocycles. The Balaban J connectivity index is 2.82. The first-order valence-electron chi connectivity index (χ1n) is 4.70. The standard InChI is InChI=1S/C10H11N3O2/c1-6(2)13-5-7-3-4-8(14)11-9(7)12-10(13)15/h3-6H,1-2H3,(H,11,12,14,15). The van der Waals surface area contributed by atoms with Gasteiger partial charge in [-0.1, -0.05) is 0 Å². The Labute approximate surface area is 85.4 Å². The average molecular weight is 205 g/mol. The molecule has 0 aliphatic rings. The van der Waals surface area contributed by atoms with E-state index in [9.17, 15) is 9.59 Å². The largest absolute Gasteiger partial charge is 0.349 e. The van der Waals surface area contributed by atoms with Crippen molar-refractivity contribution < 1.29 is 0 Å². The molecule has 2 heterocycles. The summed E-state index contributed by atoms with van der Waals surface area (Å²) in [6.07, 6.45) is 1.70. The Morgan fingerprint density at radius 2 is 2.07 bits per heavy atom. The number of fused-ring (bicyclic) bond motifs is 1. The van der Waals surface area contributed by atoms with E-state index in [0.717, 1.165) is 5.39 Å². The quantitative estimate of drug-likeness (QED) is 0.743. The number of hydrogen-bond donors (Lipinski definition) is 1. The van der Waals surface area contributed by atoms with Crippen molar-refractivity contribution in [2.45, 2.75) is 19.9 Å². The number of nitrogens with one attached hydrogen (secondary N) is 1. The lowest BCUT2D eigenvalue weighted by Crippen LogP contribution is -2.24. The highest BCUT2D eigenvalue weighted by molar-refractivity contribution is 5.72. The molecule has 0 amide bonds. The number of rotatable bonds is 1. The minimum absolute atomic E-state index is 0.0568. The maximum Gasteiger partial charge on any atom is 0.349 e. The molecule has 2 aromatic heterocycles. The van der Waals surface area contributed by atoms with Crippen molar-refractivity contribution in [1.82, 2.24) is 14.5 Å². The summed E-state index contributed by atoms with van der Waals surface area (Å²) in [5, 5.41) is 0.753. The van der Waals surface area contributed by atoms with Gasteiger partial charge >= 0.3 is 5.69 Å². The lowest BCUT2D eigenvalue weighted by Gasteiger charge is -2.08. The van der Waals surface area contributed by atoms with Gasteiger partial charge in [-0.2, -0.15) is 4.98 Å². The summed E-state index contributed by atoms with van der Waals surface area (Å²) in [4.78, 5) is 28.9. The molecule has 0 bridgehead atoms. The number of H-pyrrole nitrogens is 1. The van der Waals surface area contributed by atoms with E-state index in [0.29, 0.717) is 5.65 Å². The van der Waals surface area contributed by atoms with Crippen molar-refractivity contribution in [3.63, 3.8) is 0 Å². The van der Waals surface area contributed by atoms with E-state index >= 15 is 0 Å². The summed E-state index contributed by atoms with van der Waals surface area (Å²) >= 11 is 0. The van der Waals surface area contributed by atoms with Crippen molar-refractivity contribution in [1.29, 1.82) is 0 Å². The second-order valence-corrected chi connectivity index (χ2v) is 3.65. The van der Waals surface area contributed by atoms with Crippen LogP contribution in [0.1, 0.15) is 19.9 Å². The van der Waals surface area contributed by atoms with Crippen molar-refractivity contribution in [2.75, 3.05) is 0 Å². The van der Waals surface area contributed by atoms with Gasteiger partial charge in [-0.25, -0.2) is 4.79 Å². The predicted octanol–water partition coefficient (Wildman–Crippen LogP) is 0.666. The fourth-order valence-electron chi connectivity index (χ4n) is 1.40. The third-order valence-corrected chi connectivity index (χ3v) is 2.19. The third kappa shape index (κ3) is 1.68. The van der Waals surface area contributed by atoms with Gasteiger partial charge in [0.25, 0.3) is 0 Å². The van der Waals surface area contributed by atoms with E-state index < -0.39 is 0 Å². The van der Waals surface area contributed by atoms with Gasteiger partial charge in [0.1, 0.15) is 5.65 Å². The van der Waals surface area contributed by atoms with Gasteiger partial charge in [-0.05, 0) is 19.9 Å². The molecule has 0 unspecified atom stereocenters. The van der Waals surface area contributed by atoms with Crippen molar-refractivity contribution in [3.8, 4) is 0 Å². The number of nitrogens with zero attached hydrogens (tertiary/aromatic N) is 2. The molecular weight excluding hydrogens is 194 g/mol. The van der Waals surface area contributed by atoms with Crippen LogP contribution in [0, 0.1) is 0 Å². The van der Waals surface area contributed by atoms with Gasteiger partial charge in [0, 0.05) is 23.7 Å². The summed E-state index contributed by atoms with van der Waals surface area (Å²) in [6.45, 7) is 3.81. The topological polar surface area (TPSA) is 67.8 Å². The number of aromatic amines is 1. The maximum absolute atomic E-state index is 11.5. The molecule has 5 heteroatoms. The van der Waals surface area contributed by atoms with E-state index in [4.69, 9.17) is 0 Å². The zero-order chi connectivity index (χ0) is 11.0. The molecule has 0 saturated carbocycles. The molecular formula is C10H11N3O2. The molecule has 0 aliphatic carbocycles. The summed E-state index contributed by atoms with van der Waals surface area (Å²) in [6, 6.07) is 3.12. The fourth-order valence-corrected chi connectivity index (χ4v) is 1.40. The fraction of sp³-hybridized carbons (Fsp3) is 0.300. The van der Waals surface area contributed by atoms with Crippen LogP contribution >= 0.6 is 0 Å². The van der Waals surface area contributed by atoms with Gasteiger partial charge in [0.2, 0.25) is 5.56 Å². The minimum Gasteiger partial charge on any atom is -0.306 e.